The first-order chi connectivity index (χ1) is 8.24. The van der Waals surface area contributed by atoms with Gasteiger partial charge in [0, 0.05) is 25.8 Å². The van der Waals surface area contributed by atoms with Crippen molar-refractivity contribution in [2.75, 3.05) is 26.7 Å². The molecule has 1 atom stereocenters. The van der Waals surface area contributed by atoms with E-state index in [0.29, 0.717) is 31.1 Å². The Morgan fingerprint density at radius 3 is 3.24 bits per heavy atom. The zero-order chi connectivity index (χ0) is 12.3. The Labute approximate surface area is 99.2 Å². The number of aromatic nitrogens is 1. The number of rotatable bonds is 2. The lowest BCUT2D eigenvalue weighted by Gasteiger charge is -2.34. The van der Waals surface area contributed by atoms with E-state index in [1.54, 1.807) is 25.4 Å². The molecule has 2 N–H and O–H groups in total. The Morgan fingerprint density at radius 1 is 1.71 bits per heavy atom. The Bertz CT molecular complexity index is 411. The normalized spacial score (nSPS) is 20.1. The summed E-state index contributed by atoms with van der Waals surface area (Å²) in [4.78, 5) is 16.8. The number of carbonyl (C=O) groups is 1. The van der Waals surface area contributed by atoms with Crippen molar-refractivity contribution in [3.63, 3.8) is 0 Å². The minimum Gasteiger partial charge on any atom is -0.495 e. The first-order valence-corrected chi connectivity index (χ1v) is 5.43. The lowest BCUT2D eigenvalue weighted by Crippen LogP contribution is -2.48. The van der Waals surface area contributed by atoms with Gasteiger partial charge in [-0.2, -0.15) is 0 Å². The van der Waals surface area contributed by atoms with E-state index in [1.165, 1.54) is 4.90 Å². The van der Waals surface area contributed by atoms with E-state index in [4.69, 9.17) is 9.84 Å². The van der Waals surface area contributed by atoms with Crippen LogP contribution in [0.5, 0.6) is 5.75 Å². The number of carboxylic acid groups (broad SMARTS) is 1. The molecule has 1 aliphatic rings. The average Bonchev–Trinajstić information content (AvgIpc) is 2.38. The van der Waals surface area contributed by atoms with Crippen LogP contribution < -0.4 is 10.1 Å². The maximum Gasteiger partial charge on any atom is 0.407 e. The van der Waals surface area contributed by atoms with Gasteiger partial charge in [-0.3, -0.25) is 9.88 Å². The lowest BCUT2D eigenvalue weighted by atomic mass is 10.1. The van der Waals surface area contributed by atoms with E-state index in [2.05, 4.69) is 10.3 Å². The minimum absolute atomic E-state index is 0.294. The molecule has 1 saturated heterocycles. The van der Waals surface area contributed by atoms with E-state index in [1.807, 2.05) is 0 Å². The summed E-state index contributed by atoms with van der Waals surface area (Å²) in [5.41, 5.74) is 0.657. The van der Waals surface area contributed by atoms with Crippen LogP contribution in [0.3, 0.4) is 0 Å². The Balaban J connectivity index is 2.32. The molecule has 6 nitrogen and oxygen atoms in total. The predicted octanol–water partition coefficient (Wildman–Crippen LogP) is 0.714. The molecule has 1 aromatic heterocycles. The third kappa shape index (κ3) is 2.31. The van der Waals surface area contributed by atoms with Crippen molar-refractivity contribution in [2.24, 2.45) is 0 Å². The molecular formula is C11H15N3O3. The van der Waals surface area contributed by atoms with Crippen molar-refractivity contribution >= 4 is 6.09 Å². The molecule has 0 saturated carbocycles. The minimum atomic E-state index is -0.927. The highest BCUT2D eigenvalue weighted by atomic mass is 16.5. The van der Waals surface area contributed by atoms with E-state index in [-0.39, 0.29) is 6.04 Å². The van der Waals surface area contributed by atoms with E-state index >= 15 is 0 Å². The molecular weight excluding hydrogens is 222 g/mol. The van der Waals surface area contributed by atoms with Gasteiger partial charge < -0.3 is 15.2 Å². The summed E-state index contributed by atoms with van der Waals surface area (Å²) in [6.45, 7) is 1.68. The summed E-state index contributed by atoms with van der Waals surface area (Å²) in [5.74, 6) is 0.618. The largest absolute Gasteiger partial charge is 0.495 e. The fourth-order valence-electron chi connectivity index (χ4n) is 2.00. The highest BCUT2D eigenvalue weighted by molar-refractivity contribution is 5.66. The molecule has 1 fully saturated rings. The van der Waals surface area contributed by atoms with Gasteiger partial charge in [-0.25, -0.2) is 4.79 Å². The van der Waals surface area contributed by atoms with Gasteiger partial charge in [0.15, 0.2) is 0 Å². The highest BCUT2D eigenvalue weighted by Gasteiger charge is 2.30. The maximum atomic E-state index is 11.2. The van der Waals surface area contributed by atoms with Crippen molar-refractivity contribution in [1.29, 1.82) is 0 Å². The third-order valence-corrected chi connectivity index (χ3v) is 2.82. The number of hydrogen-bond donors (Lipinski definition) is 2. The zero-order valence-corrected chi connectivity index (χ0v) is 9.59. The Kier molecular flexibility index (Phi) is 3.43. The molecule has 0 radical (unpaired) electrons. The summed E-state index contributed by atoms with van der Waals surface area (Å²) in [6.07, 6.45) is 0.719. The lowest BCUT2D eigenvalue weighted by molar-refractivity contribution is 0.110. The highest BCUT2D eigenvalue weighted by Crippen LogP contribution is 2.27. The number of nitrogens with one attached hydrogen (secondary N) is 1. The molecule has 2 heterocycles. The molecule has 0 bridgehead atoms. The van der Waals surface area contributed by atoms with Gasteiger partial charge in [-0.05, 0) is 12.1 Å². The van der Waals surface area contributed by atoms with E-state index in [0.717, 1.165) is 0 Å². The van der Waals surface area contributed by atoms with E-state index in [9.17, 15) is 4.79 Å². The van der Waals surface area contributed by atoms with Crippen LogP contribution in [0.15, 0.2) is 18.3 Å². The third-order valence-electron chi connectivity index (χ3n) is 2.82. The molecule has 2 rings (SSSR count). The zero-order valence-electron chi connectivity index (χ0n) is 9.59. The smallest absolute Gasteiger partial charge is 0.407 e. The molecule has 0 aliphatic carbocycles. The number of hydrogen-bond acceptors (Lipinski definition) is 4. The molecule has 6 heteroatoms. The predicted molar refractivity (Wildman–Crippen MR) is 61.1 cm³/mol. The van der Waals surface area contributed by atoms with Crippen LogP contribution in [0.25, 0.3) is 0 Å². The van der Waals surface area contributed by atoms with Crippen LogP contribution in [0, 0.1) is 0 Å². The second kappa shape index (κ2) is 5.01. The fraction of sp³-hybridized carbons (Fsp3) is 0.455. The van der Waals surface area contributed by atoms with Crippen molar-refractivity contribution in [1.82, 2.24) is 15.2 Å². The van der Waals surface area contributed by atoms with Crippen LogP contribution in [0.1, 0.15) is 11.7 Å². The average molecular weight is 237 g/mol. The fourth-order valence-corrected chi connectivity index (χ4v) is 2.00. The molecule has 1 aromatic rings. The van der Waals surface area contributed by atoms with Gasteiger partial charge in [0.1, 0.15) is 11.4 Å². The summed E-state index contributed by atoms with van der Waals surface area (Å²) in [5, 5.41) is 12.3. The Hall–Kier alpha value is -1.82. The van der Waals surface area contributed by atoms with Crippen LogP contribution in [0.2, 0.25) is 0 Å². The van der Waals surface area contributed by atoms with Gasteiger partial charge in [0.05, 0.1) is 13.2 Å². The maximum absolute atomic E-state index is 11.2. The van der Waals surface area contributed by atoms with Crippen molar-refractivity contribution < 1.29 is 14.6 Å². The number of pyridine rings is 1. The number of methoxy groups -OCH3 is 1. The Morgan fingerprint density at radius 2 is 2.53 bits per heavy atom. The van der Waals surface area contributed by atoms with Gasteiger partial charge in [0.25, 0.3) is 0 Å². The van der Waals surface area contributed by atoms with Gasteiger partial charge in [-0.1, -0.05) is 0 Å². The van der Waals surface area contributed by atoms with Gasteiger partial charge >= 0.3 is 6.09 Å². The molecule has 0 spiro atoms. The van der Waals surface area contributed by atoms with Gasteiger partial charge in [-0.15, -0.1) is 0 Å². The molecule has 1 amide bonds. The number of amides is 1. The second-order valence-electron chi connectivity index (χ2n) is 3.79. The topological polar surface area (TPSA) is 74.7 Å². The summed E-state index contributed by atoms with van der Waals surface area (Å²) < 4.78 is 5.22. The van der Waals surface area contributed by atoms with Crippen LogP contribution in [0.4, 0.5) is 4.79 Å². The standard InChI is InChI=1S/C11H15N3O3/c1-17-9-3-2-4-13-10(9)8-7-12-5-6-14(8)11(15)16/h2-4,8,12H,5-7H2,1H3,(H,15,16). The van der Waals surface area contributed by atoms with Crippen LogP contribution in [-0.4, -0.2) is 47.8 Å². The first kappa shape index (κ1) is 11.7. The molecule has 1 aliphatic heterocycles. The van der Waals surface area contributed by atoms with Crippen LogP contribution >= 0.6 is 0 Å². The van der Waals surface area contributed by atoms with E-state index < -0.39 is 6.09 Å². The van der Waals surface area contributed by atoms with Crippen molar-refractivity contribution in [3.05, 3.63) is 24.0 Å². The second-order valence-corrected chi connectivity index (χ2v) is 3.79. The first-order valence-electron chi connectivity index (χ1n) is 5.43. The van der Waals surface area contributed by atoms with Gasteiger partial charge in [0.2, 0.25) is 0 Å². The van der Waals surface area contributed by atoms with Crippen molar-refractivity contribution in [2.45, 2.75) is 6.04 Å². The molecule has 92 valence electrons. The SMILES string of the molecule is COc1cccnc1C1CNCCN1C(=O)O. The monoisotopic (exact) mass is 237 g/mol. The quantitative estimate of drug-likeness (QED) is 0.792. The summed E-state index contributed by atoms with van der Waals surface area (Å²) >= 11 is 0. The molecule has 17 heavy (non-hydrogen) atoms. The summed E-state index contributed by atoms with van der Waals surface area (Å²) in [6, 6.07) is 3.26. The number of ether oxygens (including phenoxy) is 1. The molecule has 0 aromatic carbocycles. The number of nitrogens with zero attached hydrogens (tertiary/aromatic N) is 2. The van der Waals surface area contributed by atoms with Crippen molar-refractivity contribution in [3.8, 4) is 5.75 Å². The van der Waals surface area contributed by atoms with Crippen LogP contribution in [-0.2, 0) is 0 Å². The molecule has 1 unspecified atom stereocenters. The summed E-state index contributed by atoms with van der Waals surface area (Å²) in [7, 11) is 1.56. The number of piperazine rings is 1.